The fourth-order valence-electron chi connectivity index (χ4n) is 7.80. The summed E-state index contributed by atoms with van der Waals surface area (Å²) in [5, 5.41) is 20.4. The maximum atomic E-state index is 12.4. The van der Waals surface area contributed by atoms with Gasteiger partial charge in [0.05, 0.1) is 6.10 Å². The van der Waals surface area contributed by atoms with E-state index in [0.29, 0.717) is 24.7 Å². The largest absolute Gasteiger partial charge is 0.389 e. The Morgan fingerprint density at radius 2 is 2.12 bits per heavy atom. The van der Waals surface area contributed by atoms with Gasteiger partial charge in [0, 0.05) is 17.8 Å². The van der Waals surface area contributed by atoms with Crippen LogP contribution in [-0.4, -0.2) is 40.8 Å². The zero-order chi connectivity index (χ0) is 18.3. The number of fused-ring (bicyclic) bond motifs is 6. The summed E-state index contributed by atoms with van der Waals surface area (Å²) in [5.41, 5.74) is 0.735. The molecule has 0 amide bonds. The van der Waals surface area contributed by atoms with E-state index in [1.807, 2.05) is 6.08 Å². The van der Waals surface area contributed by atoms with E-state index in [-0.39, 0.29) is 34.9 Å². The molecule has 0 radical (unpaired) electrons. The first-order valence-corrected chi connectivity index (χ1v) is 10.1. The molecule has 1 unspecified atom stereocenters. The second kappa shape index (κ2) is 5.49. The third-order valence-electron chi connectivity index (χ3n) is 8.79. The Kier molecular flexibility index (Phi) is 3.61. The molecule has 0 aromatic rings. The van der Waals surface area contributed by atoms with Crippen molar-refractivity contribution in [1.82, 2.24) is 0 Å². The van der Waals surface area contributed by atoms with Crippen LogP contribution >= 0.6 is 0 Å². The number of carbonyl (C=O) groups is 2. The van der Waals surface area contributed by atoms with Gasteiger partial charge < -0.3 is 14.9 Å². The number of rotatable bonds is 2. The summed E-state index contributed by atoms with van der Waals surface area (Å²) in [6.45, 7) is 1.84. The van der Waals surface area contributed by atoms with Crippen LogP contribution in [0.15, 0.2) is 11.6 Å². The van der Waals surface area contributed by atoms with Gasteiger partial charge in [-0.25, -0.2) is 0 Å². The molecule has 4 aliphatic carbocycles. The highest BCUT2D eigenvalue weighted by Crippen LogP contribution is 2.71. The van der Waals surface area contributed by atoms with Gasteiger partial charge in [-0.15, -0.1) is 0 Å². The van der Waals surface area contributed by atoms with Gasteiger partial charge in [0.2, 0.25) is 0 Å². The third-order valence-corrected chi connectivity index (χ3v) is 8.79. The standard InChI is InChI=1S/C21H28O5/c1-20-7-6-12(23)8-11(20)2-3-13-14-4-5-15(16(24)10-22)21(14)9-17(18(13)20)26-19(21)25/h8,13-15,17-19,22,25H,2-7,9-10H2,1H3/t13-,14-,15+,17-,18+,19?,20-,21+/m0/s1. The van der Waals surface area contributed by atoms with Crippen molar-refractivity contribution in [2.24, 2.45) is 34.5 Å². The molecule has 5 heteroatoms. The quantitative estimate of drug-likeness (QED) is 0.787. The summed E-state index contributed by atoms with van der Waals surface area (Å²) in [7, 11) is 0. The number of aliphatic hydroxyl groups excluding tert-OH is 2. The molecule has 1 saturated heterocycles. The smallest absolute Gasteiger partial charge is 0.162 e. The van der Waals surface area contributed by atoms with Crippen LogP contribution in [0.1, 0.15) is 51.9 Å². The molecule has 1 spiro atoms. The molecule has 8 atom stereocenters. The van der Waals surface area contributed by atoms with E-state index in [0.717, 1.165) is 32.1 Å². The molecule has 5 nitrogen and oxygen atoms in total. The summed E-state index contributed by atoms with van der Waals surface area (Å²) in [4.78, 5) is 24.4. The molecule has 26 heavy (non-hydrogen) atoms. The Balaban J connectivity index is 1.57. The molecular formula is C21H28O5. The van der Waals surface area contributed by atoms with Crippen LogP contribution < -0.4 is 0 Å². The number of hydrogen-bond acceptors (Lipinski definition) is 5. The van der Waals surface area contributed by atoms with Crippen LogP contribution in [0.4, 0.5) is 0 Å². The highest BCUT2D eigenvalue weighted by Gasteiger charge is 2.71. The van der Waals surface area contributed by atoms with Gasteiger partial charge >= 0.3 is 0 Å². The highest BCUT2D eigenvalue weighted by atomic mass is 16.6. The summed E-state index contributed by atoms with van der Waals surface area (Å²) in [6.07, 6.45) is 6.72. The molecule has 142 valence electrons. The topological polar surface area (TPSA) is 83.8 Å². The summed E-state index contributed by atoms with van der Waals surface area (Å²) >= 11 is 0. The minimum Gasteiger partial charge on any atom is -0.389 e. The van der Waals surface area contributed by atoms with E-state index in [1.54, 1.807) is 0 Å². The highest BCUT2D eigenvalue weighted by molar-refractivity contribution is 5.91. The van der Waals surface area contributed by atoms with Crippen molar-refractivity contribution in [3.63, 3.8) is 0 Å². The molecule has 4 fully saturated rings. The fraction of sp³-hybridized carbons (Fsp3) is 0.810. The molecule has 0 aromatic carbocycles. The van der Waals surface area contributed by atoms with Gasteiger partial charge in [0.15, 0.2) is 17.9 Å². The predicted octanol–water partition coefficient (Wildman–Crippen LogP) is 2.00. The fourth-order valence-corrected chi connectivity index (χ4v) is 7.80. The Labute approximate surface area is 153 Å². The van der Waals surface area contributed by atoms with Crippen LogP contribution in [0.25, 0.3) is 0 Å². The zero-order valence-electron chi connectivity index (χ0n) is 15.3. The normalized spacial score (nSPS) is 52.1. The van der Waals surface area contributed by atoms with Gasteiger partial charge in [-0.05, 0) is 67.8 Å². The van der Waals surface area contributed by atoms with Crippen LogP contribution in [0.3, 0.4) is 0 Å². The lowest BCUT2D eigenvalue weighted by Crippen LogP contribution is -2.55. The predicted molar refractivity (Wildman–Crippen MR) is 92.9 cm³/mol. The molecule has 5 aliphatic rings. The maximum Gasteiger partial charge on any atom is 0.162 e. The average Bonchev–Trinajstić information content (AvgIpc) is 3.14. The molecule has 2 bridgehead atoms. The zero-order valence-corrected chi connectivity index (χ0v) is 15.3. The number of allylic oxidation sites excluding steroid dienone is 1. The lowest BCUT2D eigenvalue weighted by atomic mass is 9.46. The Morgan fingerprint density at radius 3 is 2.88 bits per heavy atom. The van der Waals surface area contributed by atoms with Crippen LogP contribution in [0.2, 0.25) is 0 Å². The van der Waals surface area contributed by atoms with Crippen LogP contribution in [0.5, 0.6) is 0 Å². The van der Waals surface area contributed by atoms with Crippen molar-refractivity contribution in [3.8, 4) is 0 Å². The van der Waals surface area contributed by atoms with Crippen molar-refractivity contribution in [3.05, 3.63) is 11.6 Å². The Hall–Kier alpha value is -1.04. The second-order valence-electron chi connectivity index (χ2n) is 9.49. The first kappa shape index (κ1) is 17.1. The van der Waals surface area contributed by atoms with E-state index in [2.05, 4.69) is 6.92 Å². The van der Waals surface area contributed by atoms with Gasteiger partial charge in [-0.3, -0.25) is 9.59 Å². The third kappa shape index (κ3) is 1.92. The van der Waals surface area contributed by atoms with E-state index in [4.69, 9.17) is 4.74 Å². The van der Waals surface area contributed by atoms with Gasteiger partial charge in [0.25, 0.3) is 0 Å². The molecule has 5 rings (SSSR count). The van der Waals surface area contributed by atoms with Crippen molar-refractivity contribution >= 4 is 11.6 Å². The van der Waals surface area contributed by atoms with E-state index in [1.165, 1.54) is 5.57 Å². The minimum atomic E-state index is -0.910. The van der Waals surface area contributed by atoms with Crippen LogP contribution in [-0.2, 0) is 14.3 Å². The van der Waals surface area contributed by atoms with E-state index < -0.39 is 18.3 Å². The number of hydrogen-bond donors (Lipinski definition) is 2. The lowest BCUT2D eigenvalue weighted by Gasteiger charge is -2.57. The molecule has 1 aliphatic heterocycles. The maximum absolute atomic E-state index is 12.4. The average molecular weight is 360 g/mol. The van der Waals surface area contributed by atoms with Crippen molar-refractivity contribution < 1.29 is 24.5 Å². The number of ether oxygens (including phenoxy) is 1. The SMILES string of the molecule is C[C@]12CCC(=O)C=C1CC[C@@H]1[C@@H]2[C@@H]2C[C@]3(C(O)O2)[C@@H](C(=O)CO)CC[C@@H]13. The lowest BCUT2D eigenvalue weighted by molar-refractivity contribution is -0.160. The summed E-state index contributed by atoms with van der Waals surface area (Å²) in [5.74, 6) is 0.837. The monoisotopic (exact) mass is 360 g/mol. The molecular weight excluding hydrogens is 332 g/mol. The molecule has 1 heterocycles. The Morgan fingerprint density at radius 1 is 1.31 bits per heavy atom. The number of ketones is 2. The molecule has 0 aromatic heterocycles. The number of carbonyl (C=O) groups excluding carboxylic acids is 2. The van der Waals surface area contributed by atoms with Gasteiger partial charge in [-0.2, -0.15) is 0 Å². The summed E-state index contributed by atoms with van der Waals surface area (Å²) in [6, 6.07) is 0. The van der Waals surface area contributed by atoms with Crippen molar-refractivity contribution in [2.75, 3.05) is 6.61 Å². The van der Waals surface area contributed by atoms with E-state index >= 15 is 0 Å². The van der Waals surface area contributed by atoms with E-state index in [9.17, 15) is 19.8 Å². The Bertz CT molecular complexity index is 699. The van der Waals surface area contributed by atoms with Crippen molar-refractivity contribution in [1.29, 1.82) is 0 Å². The first-order valence-electron chi connectivity index (χ1n) is 10.1. The second-order valence-corrected chi connectivity index (χ2v) is 9.49. The number of aliphatic hydroxyl groups is 2. The van der Waals surface area contributed by atoms with Gasteiger partial charge in [-0.1, -0.05) is 12.5 Å². The molecule has 2 N–H and O–H groups in total. The first-order chi connectivity index (χ1) is 12.4. The van der Waals surface area contributed by atoms with Crippen LogP contribution in [0, 0.1) is 34.5 Å². The van der Waals surface area contributed by atoms with Gasteiger partial charge in [0.1, 0.15) is 6.61 Å². The number of Topliss-reactive ketones (excluding diaryl/α,β-unsaturated/α-hetero) is 1. The minimum absolute atomic E-state index is 0.0310. The molecule has 3 saturated carbocycles. The summed E-state index contributed by atoms with van der Waals surface area (Å²) < 4.78 is 6.13. The van der Waals surface area contributed by atoms with Crippen molar-refractivity contribution in [2.45, 2.75) is 64.3 Å².